The summed E-state index contributed by atoms with van der Waals surface area (Å²) < 4.78 is 14.3. The van der Waals surface area contributed by atoms with E-state index in [0.717, 1.165) is 5.56 Å². The zero-order chi connectivity index (χ0) is 18.7. The number of nitrogens with zero attached hydrogens (tertiary/aromatic N) is 3. The molecule has 0 aliphatic rings. The molecule has 0 bridgehead atoms. The van der Waals surface area contributed by atoms with Crippen molar-refractivity contribution >= 4 is 46.9 Å². The van der Waals surface area contributed by atoms with Gasteiger partial charge in [0.15, 0.2) is 0 Å². The fraction of sp³-hybridized carbons (Fsp3) is 0.105. The van der Waals surface area contributed by atoms with E-state index in [0.29, 0.717) is 11.4 Å². The van der Waals surface area contributed by atoms with Crippen molar-refractivity contribution in [1.29, 1.82) is 0 Å². The van der Waals surface area contributed by atoms with E-state index in [2.05, 4.69) is 10.1 Å². The molecule has 0 aliphatic carbocycles. The number of carboxylic acid groups (broad SMARTS) is 1. The van der Waals surface area contributed by atoms with Crippen molar-refractivity contribution in [3.05, 3.63) is 71.7 Å². The molecule has 0 fully saturated rings. The molecule has 0 aliphatic heterocycles. The molecular weight excluding hydrogens is 360 g/mol. The normalized spacial score (nSPS) is 11.1. The molecule has 2 aromatic carbocycles. The van der Waals surface area contributed by atoms with Crippen LogP contribution in [0.3, 0.4) is 0 Å². The van der Waals surface area contributed by atoms with E-state index in [1.807, 2.05) is 18.2 Å². The van der Waals surface area contributed by atoms with Gasteiger partial charge in [-0.05, 0) is 36.8 Å². The monoisotopic (exact) mass is 377 g/mol. The van der Waals surface area contributed by atoms with E-state index in [9.17, 15) is 19.4 Å². The molecule has 0 unspecified atom stereocenters. The number of halogens is 1. The Kier molecular flexibility index (Phi) is 6.90. The van der Waals surface area contributed by atoms with Crippen LogP contribution in [0.5, 0.6) is 5.88 Å². The molecule has 27 heavy (non-hydrogen) atoms. The zero-order valence-electron chi connectivity index (χ0n) is 13.9. The Morgan fingerprint density at radius 1 is 1.15 bits per heavy atom. The number of aryl methyl sites for hydroxylation is 1. The fourth-order valence-corrected chi connectivity index (χ4v) is 2.49. The number of aromatic hydroxyl groups is 1. The Labute approximate surface area is 177 Å². The molecule has 0 saturated carbocycles. The van der Waals surface area contributed by atoms with E-state index in [-0.39, 0.29) is 53.3 Å². The minimum absolute atomic E-state index is 0. The summed E-state index contributed by atoms with van der Waals surface area (Å²) in [7, 11) is 0. The van der Waals surface area contributed by atoms with Gasteiger partial charge in [0.05, 0.1) is 11.4 Å². The van der Waals surface area contributed by atoms with Crippen LogP contribution in [0.4, 0.5) is 10.1 Å². The molecule has 2 N–H and O–H groups in total. The van der Waals surface area contributed by atoms with Gasteiger partial charge in [0.1, 0.15) is 17.2 Å². The van der Waals surface area contributed by atoms with Gasteiger partial charge in [0.2, 0.25) is 5.88 Å². The average Bonchev–Trinajstić information content (AvgIpc) is 2.90. The molecule has 1 heterocycles. The topological polar surface area (TPSA) is 87.7 Å². The Bertz CT molecular complexity index is 970. The summed E-state index contributed by atoms with van der Waals surface area (Å²) in [4.78, 5) is 15.7. The van der Waals surface area contributed by atoms with Crippen LogP contribution in [-0.4, -0.2) is 61.2 Å². The summed E-state index contributed by atoms with van der Waals surface area (Å²) in [6.45, 7) is 1.61. The van der Waals surface area contributed by atoms with E-state index < -0.39 is 11.8 Å². The van der Waals surface area contributed by atoms with Crippen LogP contribution in [0.15, 0.2) is 59.6 Å². The molecule has 3 rings (SSSR count). The number of aromatic nitrogens is 2. The number of carbonyl (C=O) groups is 1. The Balaban J connectivity index is 0.00000261. The van der Waals surface area contributed by atoms with Gasteiger partial charge in [0.25, 0.3) is 0 Å². The van der Waals surface area contributed by atoms with Crippen molar-refractivity contribution in [1.82, 2.24) is 9.78 Å². The molecule has 6 nitrogen and oxygen atoms in total. The molecule has 0 saturated heterocycles. The van der Waals surface area contributed by atoms with E-state index >= 15 is 0 Å². The first-order valence-corrected chi connectivity index (χ1v) is 7.85. The van der Waals surface area contributed by atoms with Crippen LogP contribution in [0.1, 0.15) is 11.3 Å². The van der Waals surface area contributed by atoms with Gasteiger partial charge in [-0.25, -0.2) is 14.2 Å². The van der Waals surface area contributed by atoms with Gasteiger partial charge in [0, 0.05) is 6.42 Å². The van der Waals surface area contributed by atoms with Gasteiger partial charge >= 0.3 is 35.5 Å². The van der Waals surface area contributed by atoms with Crippen molar-refractivity contribution in [2.24, 2.45) is 4.99 Å². The SMILES string of the molecule is Cc1nn(-c2ccc(F)cc2)c(O)c1N=C(Cc1ccccc1)C(=O)O.[NaH]. The molecule has 0 radical (unpaired) electrons. The maximum atomic E-state index is 13.1. The Morgan fingerprint density at radius 2 is 1.78 bits per heavy atom. The van der Waals surface area contributed by atoms with Crippen molar-refractivity contribution in [2.75, 3.05) is 0 Å². The first-order valence-electron chi connectivity index (χ1n) is 7.85. The molecular formula is C19H17FN3NaO3. The predicted molar refractivity (Wildman–Crippen MR) is 102 cm³/mol. The number of aliphatic imine (C=N–C) groups is 1. The number of aliphatic carboxylic acids is 1. The molecule has 0 spiro atoms. The molecule has 0 amide bonds. The van der Waals surface area contributed by atoms with Crippen LogP contribution in [0.25, 0.3) is 5.69 Å². The molecule has 134 valence electrons. The van der Waals surface area contributed by atoms with E-state index in [1.165, 1.54) is 28.9 Å². The van der Waals surface area contributed by atoms with Gasteiger partial charge in [-0.1, -0.05) is 30.3 Å². The Morgan fingerprint density at radius 3 is 2.37 bits per heavy atom. The fourth-order valence-electron chi connectivity index (χ4n) is 2.49. The third-order valence-electron chi connectivity index (χ3n) is 3.78. The summed E-state index contributed by atoms with van der Waals surface area (Å²) >= 11 is 0. The van der Waals surface area contributed by atoms with Crippen LogP contribution in [0.2, 0.25) is 0 Å². The van der Waals surface area contributed by atoms with Gasteiger partial charge < -0.3 is 10.2 Å². The zero-order valence-corrected chi connectivity index (χ0v) is 13.9. The second-order valence-electron chi connectivity index (χ2n) is 5.67. The third kappa shape index (κ3) is 4.82. The predicted octanol–water partition coefficient (Wildman–Crippen LogP) is 2.78. The van der Waals surface area contributed by atoms with Gasteiger partial charge in [-0.15, -0.1) is 0 Å². The van der Waals surface area contributed by atoms with Crippen molar-refractivity contribution in [2.45, 2.75) is 13.3 Å². The first-order chi connectivity index (χ1) is 12.5. The summed E-state index contributed by atoms with van der Waals surface area (Å²) in [5.41, 5.74) is 1.54. The number of carboxylic acids is 1. The van der Waals surface area contributed by atoms with Crippen molar-refractivity contribution in [3.63, 3.8) is 0 Å². The van der Waals surface area contributed by atoms with Crippen LogP contribution in [0, 0.1) is 12.7 Å². The van der Waals surface area contributed by atoms with Gasteiger partial charge in [-0.2, -0.15) is 9.78 Å². The first kappa shape index (κ1) is 20.8. The molecule has 0 atom stereocenters. The summed E-state index contributed by atoms with van der Waals surface area (Å²) in [6.07, 6.45) is 0.108. The van der Waals surface area contributed by atoms with Crippen LogP contribution < -0.4 is 0 Å². The van der Waals surface area contributed by atoms with Crippen LogP contribution in [-0.2, 0) is 11.2 Å². The number of rotatable bonds is 5. The standard InChI is InChI=1S/C19H16FN3O3.Na.H/c1-12-17(18(24)23(22-12)15-9-7-14(20)8-10-15)21-16(19(25)26)11-13-5-3-2-4-6-13;;/h2-10,24H,11H2,1H3,(H,25,26);;. The van der Waals surface area contributed by atoms with Crippen molar-refractivity contribution in [3.8, 4) is 11.6 Å². The van der Waals surface area contributed by atoms with E-state index in [1.54, 1.807) is 19.1 Å². The van der Waals surface area contributed by atoms with Gasteiger partial charge in [-0.3, -0.25) is 0 Å². The number of benzene rings is 2. The van der Waals surface area contributed by atoms with E-state index in [4.69, 9.17) is 0 Å². The average molecular weight is 377 g/mol. The summed E-state index contributed by atoms with van der Waals surface area (Å²) in [5, 5.41) is 24.1. The molecule has 8 heteroatoms. The minimum atomic E-state index is -1.18. The molecule has 3 aromatic rings. The molecule has 1 aromatic heterocycles. The number of hydrogen-bond donors (Lipinski definition) is 2. The Hall–Kier alpha value is -2.48. The summed E-state index contributed by atoms with van der Waals surface area (Å²) in [5.74, 6) is -1.89. The second kappa shape index (κ2) is 8.94. The summed E-state index contributed by atoms with van der Waals surface area (Å²) in [6, 6.07) is 14.5. The maximum absolute atomic E-state index is 13.1. The second-order valence-corrected chi connectivity index (χ2v) is 5.67. The third-order valence-corrected chi connectivity index (χ3v) is 3.78. The number of hydrogen-bond acceptors (Lipinski definition) is 4. The van der Waals surface area contributed by atoms with Crippen molar-refractivity contribution < 1.29 is 19.4 Å². The quantitative estimate of drug-likeness (QED) is 0.529. The van der Waals surface area contributed by atoms with Crippen LogP contribution >= 0.6 is 0 Å².